The van der Waals surface area contributed by atoms with E-state index in [0.717, 1.165) is 4.88 Å². The van der Waals surface area contributed by atoms with Gasteiger partial charge in [0.05, 0.1) is 23.6 Å². The van der Waals surface area contributed by atoms with Crippen LogP contribution in [0.25, 0.3) is 0 Å². The number of amides is 1. The minimum Gasteiger partial charge on any atom is -0.497 e. The number of thiophene rings is 1. The molecule has 24 heavy (non-hydrogen) atoms. The number of hydrogen-bond donors (Lipinski definition) is 0. The van der Waals surface area contributed by atoms with E-state index in [1.807, 2.05) is 6.07 Å². The minimum absolute atomic E-state index is 0.137. The highest BCUT2D eigenvalue weighted by Crippen LogP contribution is 2.26. The van der Waals surface area contributed by atoms with E-state index in [0.29, 0.717) is 27.9 Å². The molecule has 2 rings (SSSR count). The van der Waals surface area contributed by atoms with Gasteiger partial charge in [-0.2, -0.15) is 0 Å². The van der Waals surface area contributed by atoms with Crippen molar-refractivity contribution < 1.29 is 19.1 Å². The molecule has 128 valence electrons. The van der Waals surface area contributed by atoms with Crippen molar-refractivity contribution >= 4 is 34.6 Å². The average molecular weight is 368 g/mol. The molecular weight excluding hydrogens is 350 g/mol. The molecular formula is C17H18ClNO4S. The topological polar surface area (TPSA) is 55.8 Å². The number of ketones is 1. The maximum Gasteiger partial charge on any atom is 0.260 e. The number of methoxy groups -OCH3 is 1. The van der Waals surface area contributed by atoms with Crippen LogP contribution in [0.2, 0.25) is 4.34 Å². The average Bonchev–Trinajstić information content (AvgIpc) is 2.96. The van der Waals surface area contributed by atoms with Gasteiger partial charge in [-0.15, -0.1) is 11.3 Å². The van der Waals surface area contributed by atoms with Gasteiger partial charge in [0, 0.05) is 18.0 Å². The van der Waals surface area contributed by atoms with E-state index in [-0.39, 0.29) is 18.3 Å². The number of benzene rings is 1. The first kappa shape index (κ1) is 18.3. The van der Waals surface area contributed by atoms with Crippen LogP contribution in [-0.4, -0.2) is 37.4 Å². The lowest BCUT2D eigenvalue weighted by Crippen LogP contribution is -2.30. The van der Waals surface area contributed by atoms with Crippen molar-refractivity contribution in [3.8, 4) is 11.5 Å². The second kappa shape index (κ2) is 8.17. The molecule has 1 amide bonds. The molecule has 0 unspecified atom stereocenters. The molecule has 0 fully saturated rings. The van der Waals surface area contributed by atoms with Crippen LogP contribution in [0.15, 0.2) is 30.3 Å². The number of Topliss-reactive ketones (excluding diaryl/α,β-unsaturated/α-hetero) is 1. The number of halogens is 1. The Morgan fingerprint density at radius 2 is 2.00 bits per heavy atom. The lowest BCUT2D eigenvalue weighted by atomic mass is 10.1. The Balaban J connectivity index is 2.01. The molecule has 0 saturated carbocycles. The van der Waals surface area contributed by atoms with Crippen molar-refractivity contribution in [2.24, 2.45) is 0 Å². The Morgan fingerprint density at radius 1 is 1.25 bits per heavy atom. The van der Waals surface area contributed by atoms with Gasteiger partial charge in [0.25, 0.3) is 5.91 Å². The van der Waals surface area contributed by atoms with Crippen LogP contribution < -0.4 is 9.47 Å². The lowest BCUT2D eigenvalue weighted by Gasteiger charge is -2.17. The summed E-state index contributed by atoms with van der Waals surface area (Å²) in [6.45, 7) is 1.74. The summed E-state index contributed by atoms with van der Waals surface area (Å²) in [7, 11) is 3.22. The summed E-state index contributed by atoms with van der Waals surface area (Å²) in [6, 6.07) is 8.58. The first-order chi connectivity index (χ1) is 11.4. The van der Waals surface area contributed by atoms with Gasteiger partial charge in [-0.1, -0.05) is 11.6 Å². The summed E-state index contributed by atoms with van der Waals surface area (Å²) in [5, 5.41) is 0. The lowest BCUT2D eigenvalue weighted by molar-refractivity contribution is -0.132. The molecule has 0 aliphatic carbocycles. The van der Waals surface area contributed by atoms with E-state index in [4.69, 9.17) is 21.1 Å². The van der Waals surface area contributed by atoms with E-state index in [9.17, 15) is 9.59 Å². The number of rotatable bonds is 7. The predicted molar refractivity (Wildman–Crippen MR) is 94.3 cm³/mol. The quantitative estimate of drug-likeness (QED) is 0.701. The van der Waals surface area contributed by atoms with Gasteiger partial charge in [0.15, 0.2) is 12.4 Å². The fourth-order valence-corrected chi connectivity index (χ4v) is 3.19. The zero-order chi connectivity index (χ0) is 17.7. The Morgan fingerprint density at radius 3 is 2.58 bits per heavy atom. The Labute approximate surface area is 149 Å². The highest BCUT2D eigenvalue weighted by atomic mass is 35.5. The van der Waals surface area contributed by atoms with Crippen molar-refractivity contribution in [3.05, 3.63) is 45.1 Å². The molecule has 0 radical (unpaired) electrons. The van der Waals surface area contributed by atoms with Crippen LogP contribution in [0.4, 0.5) is 0 Å². The van der Waals surface area contributed by atoms with E-state index in [1.54, 1.807) is 36.2 Å². The van der Waals surface area contributed by atoms with Crippen molar-refractivity contribution in [2.45, 2.75) is 13.5 Å². The van der Waals surface area contributed by atoms with Gasteiger partial charge >= 0.3 is 0 Å². The number of likely N-dealkylation sites (N-methyl/N-ethyl adjacent to an activating group) is 1. The van der Waals surface area contributed by atoms with Crippen molar-refractivity contribution in [2.75, 3.05) is 20.8 Å². The van der Waals surface area contributed by atoms with Gasteiger partial charge in [0.1, 0.15) is 11.5 Å². The first-order valence-corrected chi connectivity index (χ1v) is 8.40. The van der Waals surface area contributed by atoms with Crippen molar-refractivity contribution in [3.63, 3.8) is 0 Å². The fourth-order valence-electron chi connectivity index (χ4n) is 2.05. The number of ether oxygens (including phenoxy) is 2. The number of nitrogens with zero attached hydrogens (tertiary/aromatic N) is 1. The summed E-state index contributed by atoms with van der Waals surface area (Å²) in [4.78, 5) is 26.4. The van der Waals surface area contributed by atoms with Crippen LogP contribution >= 0.6 is 22.9 Å². The van der Waals surface area contributed by atoms with Crippen LogP contribution in [0.5, 0.6) is 11.5 Å². The third kappa shape index (κ3) is 4.72. The van der Waals surface area contributed by atoms with Crippen LogP contribution in [0.1, 0.15) is 22.2 Å². The van der Waals surface area contributed by atoms with E-state index >= 15 is 0 Å². The third-order valence-corrected chi connectivity index (χ3v) is 4.58. The molecule has 0 aliphatic rings. The zero-order valence-corrected chi connectivity index (χ0v) is 15.2. The molecule has 0 atom stereocenters. The van der Waals surface area contributed by atoms with Crippen molar-refractivity contribution in [1.29, 1.82) is 0 Å². The molecule has 0 aliphatic heterocycles. The van der Waals surface area contributed by atoms with Gasteiger partial charge < -0.3 is 14.4 Å². The normalized spacial score (nSPS) is 10.3. The second-order valence-electron chi connectivity index (χ2n) is 5.16. The van der Waals surface area contributed by atoms with Gasteiger partial charge in [-0.05, 0) is 31.2 Å². The molecule has 0 N–H and O–H groups in total. The molecule has 1 aromatic carbocycles. The molecule has 0 saturated heterocycles. The Hall–Kier alpha value is -2.05. The number of hydrogen-bond acceptors (Lipinski definition) is 5. The summed E-state index contributed by atoms with van der Waals surface area (Å²) in [6.07, 6.45) is 0. The molecule has 2 aromatic rings. The van der Waals surface area contributed by atoms with Gasteiger partial charge in [-0.3, -0.25) is 9.59 Å². The zero-order valence-electron chi connectivity index (χ0n) is 13.7. The molecule has 7 heteroatoms. The van der Waals surface area contributed by atoms with Crippen LogP contribution in [0, 0.1) is 0 Å². The smallest absolute Gasteiger partial charge is 0.260 e. The summed E-state index contributed by atoms with van der Waals surface area (Å²) < 4.78 is 11.4. The number of carbonyl (C=O) groups excluding carboxylic acids is 2. The van der Waals surface area contributed by atoms with Gasteiger partial charge in [-0.25, -0.2) is 0 Å². The SMILES string of the molecule is COc1ccc(C(C)=O)c(OCC(=O)N(C)Cc2ccc(Cl)s2)c1. The Bertz CT molecular complexity index is 744. The highest BCUT2D eigenvalue weighted by Gasteiger charge is 2.15. The fraction of sp³-hybridized carbons (Fsp3) is 0.294. The standard InChI is InChI=1S/C17H18ClNO4S/c1-11(20)14-6-4-12(22-3)8-15(14)23-10-17(21)19(2)9-13-5-7-16(18)24-13/h4-8H,9-10H2,1-3H3. The first-order valence-electron chi connectivity index (χ1n) is 7.20. The predicted octanol–water partition coefficient (Wildman–Crippen LogP) is 3.65. The second-order valence-corrected chi connectivity index (χ2v) is 6.96. The Kier molecular flexibility index (Phi) is 6.23. The van der Waals surface area contributed by atoms with Crippen molar-refractivity contribution in [1.82, 2.24) is 4.90 Å². The molecule has 0 bridgehead atoms. The van der Waals surface area contributed by atoms with E-state index in [1.165, 1.54) is 25.4 Å². The molecule has 1 aromatic heterocycles. The summed E-state index contributed by atoms with van der Waals surface area (Å²) in [5.41, 5.74) is 0.413. The maximum absolute atomic E-state index is 12.2. The maximum atomic E-state index is 12.2. The molecule has 1 heterocycles. The van der Waals surface area contributed by atoms with E-state index < -0.39 is 0 Å². The minimum atomic E-state index is -0.197. The van der Waals surface area contributed by atoms with Crippen LogP contribution in [-0.2, 0) is 11.3 Å². The van der Waals surface area contributed by atoms with Crippen LogP contribution in [0.3, 0.4) is 0 Å². The third-order valence-electron chi connectivity index (χ3n) is 3.37. The summed E-state index contributed by atoms with van der Waals surface area (Å²) in [5.74, 6) is 0.560. The summed E-state index contributed by atoms with van der Waals surface area (Å²) >= 11 is 7.32. The monoisotopic (exact) mass is 367 g/mol. The van der Waals surface area contributed by atoms with Gasteiger partial charge in [0.2, 0.25) is 0 Å². The molecule has 5 nitrogen and oxygen atoms in total. The van der Waals surface area contributed by atoms with E-state index in [2.05, 4.69) is 0 Å². The molecule has 0 spiro atoms. The highest BCUT2D eigenvalue weighted by molar-refractivity contribution is 7.16. The largest absolute Gasteiger partial charge is 0.497 e. The number of carbonyl (C=O) groups is 2.